The van der Waals surface area contributed by atoms with Gasteiger partial charge in [0.05, 0.1) is 18.8 Å². The molecule has 0 bridgehead atoms. The van der Waals surface area contributed by atoms with Crippen LogP contribution in [-0.4, -0.2) is 53.1 Å². The molecule has 1 amide bonds. The summed E-state index contributed by atoms with van der Waals surface area (Å²) in [6.45, 7) is 8.46. The van der Waals surface area contributed by atoms with Gasteiger partial charge in [-0.15, -0.1) is 0 Å². The molecule has 1 N–H and O–H groups in total. The second-order valence-electron chi connectivity index (χ2n) is 7.44. The van der Waals surface area contributed by atoms with E-state index in [0.717, 1.165) is 56.9 Å². The Bertz CT molecular complexity index is 564. The van der Waals surface area contributed by atoms with Gasteiger partial charge < -0.3 is 15.0 Å². The van der Waals surface area contributed by atoms with Gasteiger partial charge in [-0.3, -0.25) is 4.79 Å². The monoisotopic (exact) mass is 346 g/mol. The fourth-order valence-corrected chi connectivity index (χ4v) is 3.65. The van der Waals surface area contributed by atoms with Gasteiger partial charge in [-0.25, -0.2) is 9.97 Å². The third-order valence-corrected chi connectivity index (χ3v) is 5.33. The predicted octanol–water partition coefficient (Wildman–Crippen LogP) is 2.11. The number of carbonyl (C=O) groups is 1. The van der Waals surface area contributed by atoms with E-state index in [0.29, 0.717) is 19.2 Å². The van der Waals surface area contributed by atoms with Crippen molar-refractivity contribution in [3.63, 3.8) is 0 Å². The second-order valence-corrected chi connectivity index (χ2v) is 7.44. The molecule has 0 unspecified atom stereocenters. The molecule has 3 rings (SSSR count). The van der Waals surface area contributed by atoms with Gasteiger partial charge in [-0.1, -0.05) is 0 Å². The maximum absolute atomic E-state index is 12.4. The third kappa shape index (κ3) is 4.98. The Labute approximate surface area is 150 Å². The Morgan fingerprint density at radius 3 is 2.84 bits per heavy atom. The number of nitrogens with one attached hydrogen (secondary N) is 1. The molecule has 2 aliphatic heterocycles. The molecule has 3 heterocycles. The van der Waals surface area contributed by atoms with Gasteiger partial charge in [0.1, 0.15) is 5.82 Å². The summed E-state index contributed by atoms with van der Waals surface area (Å²) in [5.74, 6) is 1.41. The largest absolute Gasteiger partial charge is 0.381 e. The fraction of sp³-hybridized carbons (Fsp3) is 0.737. The zero-order valence-corrected chi connectivity index (χ0v) is 15.4. The van der Waals surface area contributed by atoms with Gasteiger partial charge in [0, 0.05) is 30.7 Å². The number of carbonyl (C=O) groups excluding carboxylic acids is 1. The van der Waals surface area contributed by atoms with E-state index in [9.17, 15) is 4.79 Å². The van der Waals surface area contributed by atoms with Crippen LogP contribution in [0.2, 0.25) is 0 Å². The average Bonchev–Trinajstić information content (AvgIpc) is 2.67. The predicted molar refractivity (Wildman–Crippen MR) is 96.1 cm³/mol. The minimum absolute atomic E-state index is 0.128. The lowest BCUT2D eigenvalue weighted by molar-refractivity contribution is -0.126. The van der Waals surface area contributed by atoms with Gasteiger partial charge in [0.2, 0.25) is 5.91 Å². The van der Waals surface area contributed by atoms with Crippen LogP contribution in [0.25, 0.3) is 0 Å². The minimum Gasteiger partial charge on any atom is -0.381 e. The molecular formula is C19H30N4O2. The number of hydrogen-bond acceptors (Lipinski definition) is 5. The molecule has 138 valence electrons. The quantitative estimate of drug-likeness (QED) is 0.884. The molecule has 6 nitrogen and oxygen atoms in total. The van der Waals surface area contributed by atoms with E-state index in [1.54, 1.807) is 6.20 Å². The van der Waals surface area contributed by atoms with E-state index in [2.05, 4.69) is 34.0 Å². The van der Waals surface area contributed by atoms with Crippen LogP contribution in [0.4, 0.5) is 0 Å². The molecule has 0 saturated carbocycles. The molecule has 0 spiro atoms. The van der Waals surface area contributed by atoms with Crippen molar-refractivity contribution in [1.82, 2.24) is 20.2 Å². The Balaban J connectivity index is 1.49. The molecular weight excluding hydrogens is 316 g/mol. The van der Waals surface area contributed by atoms with E-state index in [1.165, 1.54) is 0 Å². The lowest BCUT2D eigenvalue weighted by atomic mass is 9.95. The molecule has 1 aromatic heterocycles. The highest BCUT2D eigenvalue weighted by atomic mass is 16.5. The van der Waals surface area contributed by atoms with Crippen LogP contribution < -0.4 is 5.32 Å². The Hall–Kier alpha value is -1.53. The van der Waals surface area contributed by atoms with Crippen molar-refractivity contribution in [2.24, 2.45) is 5.92 Å². The minimum atomic E-state index is 0.128. The summed E-state index contributed by atoms with van der Waals surface area (Å²) in [7, 11) is 0. The lowest BCUT2D eigenvalue weighted by Crippen LogP contribution is -2.43. The van der Waals surface area contributed by atoms with E-state index in [4.69, 9.17) is 4.74 Å². The molecule has 6 heteroatoms. The number of amides is 1. The first-order valence-corrected chi connectivity index (χ1v) is 9.55. The van der Waals surface area contributed by atoms with E-state index >= 15 is 0 Å². The number of likely N-dealkylation sites (tertiary alicyclic amines) is 1. The topological polar surface area (TPSA) is 67.4 Å². The van der Waals surface area contributed by atoms with Crippen LogP contribution in [0.5, 0.6) is 0 Å². The number of hydrogen-bond donors (Lipinski definition) is 1. The molecule has 1 atom stereocenters. The highest BCUT2D eigenvalue weighted by Crippen LogP contribution is 2.22. The van der Waals surface area contributed by atoms with Gasteiger partial charge >= 0.3 is 0 Å². The Morgan fingerprint density at radius 2 is 2.16 bits per heavy atom. The van der Waals surface area contributed by atoms with Crippen molar-refractivity contribution >= 4 is 5.91 Å². The molecule has 0 aliphatic carbocycles. The standard InChI is InChI=1S/C19H30N4O2/c1-14(2)23-9-6-15(7-10-23)19(24)21-12-17-5-8-20-18(22-17)16-4-3-11-25-13-16/h5,8,14-16H,3-4,6-7,9-13H2,1-2H3,(H,21,24)/t16-/m0/s1. The summed E-state index contributed by atoms with van der Waals surface area (Å²) in [4.78, 5) is 23.9. The molecule has 0 radical (unpaired) electrons. The van der Waals surface area contributed by atoms with Crippen molar-refractivity contribution in [2.45, 2.75) is 58.0 Å². The fourth-order valence-electron chi connectivity index (χ4n) is 3.65. The molecule has 1 aromatic rings. The summed E-state index contributed by atoms with van der Waals surface area (Å²) >= 11 is 0. The number of piperidine rings is 1. The Morgan fingerprint density at radius 1 is 1.36 bits per heavy atom. The van der Waals surface area contributed by atoms with E-state index in [1.807, 2.05) is 6.07 Å². The number of aromatic nitrogens is 2. The molecule has 0 aromatic carbocycles. The van der Waals surface area contributed by atoms with Crippen LogP contribution >= 0.6 is 0 Å². The van der Waals surface area contributed by atoms with Crippen molar-refractivity contribution in [2.75, 3.05) is 26.3 Å². The zero-order valence-electron chi connectivity index (χ0n) is 15.4. The SMILES string of the molecule is CC(C)N1CCC(C(=O)NCc2ccnc([C@H]3CCCOC3)n2)CC1. The van der Waals surface area contributed by atoms with Crippen molar-refractivity contribution < 1.29 is 9.53 Å². The van der Waals surface area contributed by atoms with Crippen molar-refractivity contribution in [3.05, 3.63) is 23.8 Å². The molecule has 2 saturated heterocycles. The van der Waals surface area contributed by atoms with Gasteiger partial charge in [0.15, 0.2) is 0 Å². The summed E-state index contributed by atoms with van der Waals surface area (Å²) in [5, 5.41) is 3.06. The molecule has 2 aliphatic rings. The van der Waals surface area contributed by atoms with Crippen LogP contribution in [0.3, 0.4) is 0 Å². The summed E-state index contributed by atoms with van der Waals surface area (Å²) in [5.41, 5.74) is 0.878. The second kappa shape index (κ2) is 8.72. The molecule has 25 heavy (non-hydrogen) atoms. The number of ether oxygens (including phenoxy) is 1. The van der Waals surface area contributed by atoms with Crippen LogP contribution in [0.15, 0.2) is 12.3 Å². The van der Waals surface area contributed by atoms with Crippen molar-refractivity contribution in [1.29, 1.82) is 0 Å². The van der Waals surface area contributed by atoms with Gasteiger partial charge in [0.25, 0.3) is 0 Å². The smallest absolute Gasteiger partial charge is 0.223 e. The lowest BCUT2D eigenvalue weighted by Gasteiger charge is -2.33. The highest BCUT2D eigenvalue weighted by Gasteiger charge is 2.26. The van der Waals surface area contributed by atoms with Crippen molar-refractivity contribution in [3.8, 4) is 0 Å². The maximum atomic E-state index is 12.4. The average molecular weight is 346 g/mol. The maximum Gasteiger partial charge on any atom is 0.223 e. The summed E-state index contributed by atoms with van der Waals surface area (Å²) < 4.78 is 5.53. The van der Waals surface area contributed by atoms with E-state index < -0.39 is 0 Å². The van der Waals surface area contributed by atoms with Crippen LogP contribution in [0, 0.1) is 5.92 Å². The van der Waals surface area contributed by atoms with Gasteiger partial charge in [-0.2, -0.15) is 0 Å². The van der Waals surface area contributed by atoms with E-state index in [-0.39, 0.29) is 17.7 Å². The van der Waals surface area contributed by atoms with Crippen LogP contribution in [0.1, 0.15) is 57.0 Å². The Kier molecular flexibility index (Phi) is 6.37. The first-order valence-electron chi connectivity index (χ1n) is 9.55. The number of rotatable bonds is 5. The highest BCUT2D eigenvalue weighted by molar-refractivity contribution is 5.78. The summed E-state index contributed by atoms with van der Waals surface area (Å²) in [6.07, 6.45) is 5.81. The zero-order chi connectivity index (χ0) is 17.6. The van der Waals surface area contributed by atoms with Gasteiger partial charge in [-0.05, 0) is 58.7 Å². The normalized spacial score (nSPS) is 22.9. The number of nitrogens with zero attached hydrogens (tertiary/aromatic N) is 3. The molecule has 2 fully saturated rings. The first-order chi connectivity index (χ1) is 12.1. The summed E-state index contributed by atoms with van der Waals surface area (Å²) in [6, 6.07) is 2.45. The first kappa shape index (κ1) is 18.3. The third-order valence-electron chi connectivity index (χ3n) is 5.33. The van der Waals surface area contributed by atoms with Crippen LogP contribution in [-0.2, 0) is 16.1 Å².